The molecule has 2 aromatic carbocycles. The molecule has 0 aromatic heterocycles. The van der Waals surface area contributed by atoms with Crippen LogP contribution in [0.25, 0.3) is 0 Å². The molecule has 5 heteroatoms. The fourth-order valence-electron chi connectivity index (χ4n) is 2.06. The van der Waals surface area contributed by atoms with E-state index in [1.165, 1.54) is 0 Å². The predicted molar refractivity (Wildman–Crippen MR) is 83.3 cm³/mol. The Morgan fingerprint density at radius 2 is 1.55 bits per heavy atom. The Labute approximate surface area is 130 Å². The van der Waals surface area contributed by atoms with E-state index in [0.717, 1.165) is 11.1 Å². The van der Waals surface area contributed by atoms with Crippen LogP contribution in [0.1, 0.15) is 11.1 Å². The first-order chi connectivity index (χ1) is 10.6. The quantitative estimate of drug-likeness (QED) is 0.887. The first kappa shape index (κ1) is 15.8. The molecule has 0 fully saturated rings. The van der Waals surface area contributed by atoms with Crippen molar-refractivity contribution in [3.8, 4) is 28.7 Å². The average molecular weight is 304 g/mol. The lowest BCUT2D eigenvalue weighted by Gasteiger charge is -2.14. The molecule has 22 heavy (non-hydrogen) atoms. The third-order valence-corrected chi connectivity index (χ3v) is 3.31. The number of aryl methyl sites for hydroxylation is 1. The lowest BCUT2D eigenvalue weighted by atomic mass is 10.2. The molecule has 0 atom stereocenters. The van der Waals surface area contributed by atoms with Gasteiger partial charge >= 0.3 is 0 Å². The van der Waals surface area contributed by atoms with Crippen LogP contribution in [0.4, 0.5) is 0 Å². The Morgan fingerprint density at radius 1 is 0.909 bits per heavy atom. The third kappa shape index (κ3) is 3.36. The number of phenolic OH excluding ortho intramolecular Hbond substituents is 1. The van der Waals surface area contributed by atoms with Gasteiger partial charge in [0.2, 0.25) is 5.75 Å². The van der Waals surface area contributed by atoms with Crippen molar-refractivity contribution in [3.63, 3.8) is 0 Å². The van der Waals surface area contributed by atoms with Gasteiger partial charge in [0.05, 0.1) is 21.3 Å². The van der Waals surface area contributed by atoms with E-state index in [-0.39, 0.29) is 5.75 Å². The highest BCUT2D eigenvalue weighted by molar-refractivity contribution is 5.53. The van der Waals surface area contributed by atoms with Crippen LogP contribution in [-0.2, 0) is 6.61 Å². The Bertz CT molecular complexity index is 626. The van der Waals surface area contributed by atoms with E-state index in [9.17, 15) is 5.11 Å². The van der Waals surface area contributed by atoms with Gasteiger partial charge in [-0.1, -0.05) is 6.07 Å². The van der Waals surface area contributed by atoms with Crippen LogP contribution in [0.2, 0.25) is 0 Å². The molecule has 0 aliphatic rings. The summed E-state index contributed by atoms with van der Waals surface area (Å²) < 4.78 is 21.6. The monoisotopic (exact) mass is 304 g/mol. The number of methoxy groups -OCH3 is 3. The SMILES string of the molecule is COc1cc(COc2ccc(C)c(O)c2)cc(OC)c1OC. The second-order valence-corrected chi connectivity index (χ2v) is 4.77. The molecule has 2 rings (SSSR count). The lowest BCUT2D eigenvalue weighted by molar-refractivity contribution is 0.297. The molecule has 0 spiro atoms. The van der Waals surface area contributed by atoms with E-state index in [2.05, 4.69) is 0 Å². The summed E-state index contributed by atoms with van der Waals surface area (Å²) in [6.45, 7) is 2.15. The van der Waals surface area contributed by atoms with Crippen LogP contribution in [0, 0.1) is 6.92 Å². The number of ether oxygens (including phenoxy) is 4. The van der Waals surface area contributed by atoms with Crippen LogP contribution in [0.5, 0.6) is 28.7 Å². The molecule has 0 bridgehead atoms. The molecular formula is C17H20O5. The van der Waals surface area contributed by atoms with Crippen molar-refractivity contribution in [2.24, 2.45) is 0 Å². The van der Waals surface area contributed by atoms with Gasteiger partial charge in [-0.2, -0.15) is 0 Å². The van der Waals surface area contributed by atoms with Gasteiger partial charge in [0.25, 0.3) is 0 Å². The normalized spacial score (nSPS) is 10.2. The summed E-state index contributed by atoms with van der Waals surface area (Å²) in [6.07, 6.45) is 0. The molecule has 0 heterocycles. The minimum Gasteiger partial charge on any atom is -0.508 e. The van der Waals surface area contributed by atoms with Crippen LogP contribution < -0.4 is 18.9 Å². The topological polar surface area (TPSA) is 57.2 Å². The Hall–Kier alpha value is -2.56. The fourth-order valence-corrected chi connectivity index (χ4v) is 2.06. The number of phenols is 1. The van der Waals surface area contributed by atoms with E-state index in [0.29, 0.717) is 29.6 Å². The highest BCUT2D eigenvalue weighted by Gasteiger charge is 2.13. The molecule has 0 aliphatic carbocycles. The minimum absolute atomic E-state index is 0.211. The molecule has 1 N–H and O–H groups in total. The Kier molecular flexibility index (Phi) is 4.99. The summed E-state index contributed by atoms with van der Waals surface area (Å²) in [5, 5.41) is 9.69. The van der Waals surface area contributed by atoms with Crippen LogP contribution in [0.3, 0.4) is 0 Å². The first-order valence-electron chi connectivity index (χ1n) is 6.80. The van der Waals surface area contributed by atoms with Crippen molar-refractivity contribution in [2.45, 2.75) is 13.5 Å². The van der Waals surface area contributed by atoms with Gasteiger partial charge in [0.1, 0.15) is 18.1 Å². The van der Waals surface area contributed by atoms with E-state index < -0.39 is 0 Å². The summed E-state index contributed by atoms with van der Waals surface area (Å²) in [5.74, 6) is 2.50. The fraction of sp³-hybridized carbons (Fsp3) is 0.294. The highest BCUT2D eigenvalue weighted by Crippen LogP contribution is 2.38. The Morgan fingerprint density at radius 3 is 2.05 bits per heavy atom. The van der Waals surface area contributed by atoms with Gasteiger partial charge in [0.15, 0.2) is 11.5 Å². The van der Waals surface area contributed by atoms with Gasteiger partial charge < -0.3 is 24.1 Å². The van der Waals surface area contributed by atoms with Gasteiger partial charge in [0, 0.05) is 6.07 Å². The molecule has 0 saturated heterocycles. The molecule has 0 saturated carbocycles. The molecule has 2 aromatic rings. The number of hydrogen-bond acceptors (Lipinski definition) is 5. The maximum Gasteiger partial charge on any atom is 0.203 e. The molecule has 0 amide bonds. The van der Waals surface area contributed by atoms with Crippen LogP contribution in [-0.4, -0.2) is 26.4 Å². The zero-order valence-electron chi connectivity index (χ0n) is 13.2. The molecule has 5 nitrogen and oxygen atoms in total. The largest absolute Gasteiger partial charge is 0.508 e. The van der Waals surface area contributed by atoms with E-state index >= 15 is 0 Å². The summed E-state index contributed by atoms with van der Waals surface area (Å²) in [5.41, 5.74) is 1.68. The van der Waals surface area contributed by atoms with E-state index in [4.69, 9.17) is 18.9 Å². The number of aromatic hydroxyl groups is 1. The van der Waals surface area contributed by atoms with Crippen LogP contribution >= 0.6 is 0 Å². The van der Waals surface area contributed by atoms with Gasteiger partial charge in [-0.15, -0.1) is 0 Å². The maximum atomic E-state index is 9.69. The smallest absolute Gasteiger partial charge is 0.203 e. The molecule has 0 unspecified atom stereocenters. The van der Waals surface area contributed by atoms with Crippen molar-refractivity contribution in [2.75, 3.05) is 21.3 Å². The second kappa shape index (κ2) is 6.93. The number of benzene rings is 2. The summed E-state index contributed by atoms with van der Waals surface area (Å²) in [7, 11) is 4.70. The second-order valence-electron chi connectivity index (χ2n) is 4.77. The molecule has 118 valence electrons. The standard InChI is InChI=1S/C17H20O5/c1-11-5-6-13(9-14(11)18)22-10-12-7-15(19-2)17(21-4)16(8-12)20-3/h5-9,18H,10H2,1-4H3. The summed E-state index contributed by atoms with van der Waals surface area (Å²) >= 11 is 0. The summed E-state index contributed by atoms with van der Waals surface area (Å²) in [4.78, 5) is 0. The van der Waals surface area contributed by atoms with Gasteiger partial charge in [-0.05, 0) is 36.2 Å². The lowest BCUT2D eigenvalue weighted by Crippen LogP contribution is -2.00. The summed E-state index contributed by atoms with van der Waals surface area (Å²) in [6, 6.07) is 8.87. The highest BCUT2D eigenvalue weighted by atomic mass is 16.5. The predicted octanol–water partition coefficient (Wildman–Crippen LogP) is 3.31. The van der Waals surface area contributed by atoms with Crippen LogP contribution in [0.15, 0.2) is 30.3 Å². The zero-order valence-corrected chi connectivity index (χ0v) is 13.2. The van der Waals surface area contributed by atoms with Gasteiger partial charge in [-0.25, -0.2) is 0 Å². The molecule has 0 radical (unpaired) electrons. The van der Waals surface area contributed by atoms with Crippen molar-refractivity contribution in [1.29, 1.82) is 0 Å². The average Bonchev–Trinajstić information content (AvgIpc) is 2.54. The van der Waals surface area contributed by atoms with E-state index in [1.54, 1.807) is 33.5 Å². The van der Waals surface area contributed by atoms with Gasteiger partial charge in [-0.3, -0.25) is 0 Å². The van der Waals surface area contributed by atoms with Crippen molar-refractivity contribution < 1.29 is 24.1 Å². The first-order valence-corrected chi connectivity index (χ1v) is 6.80. The Balaban J connectivity index is 2.20. The third-order valence-electron chi connectivity index (χ3n) is 3.31. The molecular weight excluding hydrogens is 284 g/mol. The van der Waals surface area contributed by atoms with Crippen molar-refractivity contribution in [3.05, 3.63) is 41.5 Å². The zero-order chi connectivity index (χ0) is 16.1. The van der Waals surface area contributed by atoms with Crippen molar-refractivity contribution in [1.82, 2.24) is 0 Å². The van der Waals surface area contributed by atoms with Crippen molar-refractivity contribution >= 4 is 0 Å². The number of rotatable bonds is 6. The number of hydrogen-bond donors (Lipinski definition) is 1. The molecule has 0 aliphatic heterocycles. The van der Waals surface area contributed by atoms with E-state index in [1.807, 2.05) is 25.1 Å². The maximum absolute atomic E-state index is 9.69. The minimum atomic E-state index is 0.211.